The van der Waals surface area contributed by atoms with E-state index < -0.39 is 10.4 Å². The van der Waals surface area contributed by atoms with Crippen molar-refractivity contribution in [3.8, 4) is 0 Å². The topological polar surface area (TPSA) is 264 Å². The quantitative estimate of drug-likeness (QED) is 0.319. The lowest BCUT2D eigenvalue weighted by Gasteiger charge is -1.68. The van der Waals surface area contributed by atoms with Crippen LogP contribution in [0, 0.1) is 0 Å². The summed E-state index contributed by atoms with van der Waals surface area (Å²) in [5.41, 5.74) is 0. The van der Waals surface area contributed by atoms with Gasteiger partial charge in [0.1, 0.15) is 0 Å². The molecule has 0 aromatic carbocycles. The molecule has 0 aliphatic carbocycles. The average molecular weight is 266 g/mol. The van der Waals surface area contributed by atoms with Gasteiger partial charge in [0.15, 0.2) is 34.7 Å². The van der Waals surface area contributed by atoms with Crippen molar-refractivity contribution >= 4 is 45.1 Å². The second-order valence-corrected chi connectivity index (χ2v) is 1.34. The van der Waals surface area contributed by atoms with E-state index >= 15 is 0 Å². The third-order valence-corrected chi connectivity index (χ3v) is 0. The van der Waals surface area contributed by atoms with E-state index in [4.69, 9.17) is 17.5 Å². The molecule has 0 atom stereocenters. The minimum atomic E-state index is -4.67. The first-order chi connectivity index (χ1) is 2.00. The molecule has 0 aliphatic heterocycles. The Morgan fingerprint density at radius 3 is 0.615 bits per heavy atom. The molecule has 10 nitrogen and oxygen atoms in total. The lowest BCUT2D eigenvalue weighted by molar-refractivity contribution is 0.381. The number of hydrogen-bond donors (Lipinski definition) is 2. The Morgan fingerprint density at radius 2 is 0.615 bits per heavy atom. The van der Waals surface area contributed by atoms with Gasteiger partial charge in [0.2, 0.25) is 0 Å². The first-order valence-corrected chi connectivity index (χ1v) is 2.10. The molecule has 0 fully saturated rings. The van der Waals surface area contributed by atoms with Gasteiger partial charge < -0.3 is 32.9 Å². The Hall–Kier alpha value is 0.695. The molecule has 0 saturated carbocycles. The second-order valence-electron chi connectivity index (χ2n) is 0.448. The molecule has 0 unspecified atom stereocenters. The predicted octanol–water partition coefficient (Wildman–Crippen LogP) is -7.97. The van der Waals surface area contributed by atoms with Crippen molar-refractivity contribution in [1.29, 1.82) is 0 Å². The molecule has 0 aromatic heterocycles. The SMILES string of the molecule is O.O.O.O.O.O.O=S(=O)(O)O.[AlH3].[AlH3]. The summed E-state index contributed by atoms with van der Waals surface area (Å²) < 4.78 is 31.6. The van der Waals surface area contributed by atoms with Crippen molar-refractivity contribution in [3.63, 3.8) is 0 Å². The fraction of sp³-hybridized carbons (Fsp3) is 0. The highest BCUT2D eigenvalue weighted by atomic mass is 32.3. The Labute approximate surface area is 95.6 Å². The summed E-state index contributed by atoms with van der Waals surface area (Å²) in [5, 5.41) is 0. The zero-order chi connectivity index (χ0) is 4.50. The van der Waals surface area contributed by atoms with Gasteiger partial charge in [-0.1, -0.05) is 0 Å². The molecule has 0 heterocycles. The van der Waals surface area contributed by atoms with Gasteiger partial charge in [-0.3, -0.25) is 9.11 Å². The van der Waals surface area contributed by atoms with Crippen LogP contribution in [0.3, 0.4) is 0 Å². The molecule has 0 rings (SSSR count). The first-order valence-electron chi connectivity index (χ1n) is 0.698. The molecule has 14 N–H and O–H groups in total. The van der Waals surface area contributed by atoms with E-state index in [0.717, 1.165) is 0 Å². The third kappa shape index (κ3) is 3010. The van der Waals surface area contributed by atoms with Gasteiger partial charge in [-0.25, -0.2) is 0 Å². The lowest BCUT2D eigenvalue weighted by Crippen LogP contribution is -1.89. The average Bonchev–Trinajstić information content (AvgIpc) is 0.722. The Kier molecular flexibility index (Phi) is 298. The fourth-order valence-electron chi connectivity index (χ4n) is 0. The summed E-state index contributed by atoms with van der Waals surface area (Å²) in [7, 11) is -4.67. The maximum atomic E-state index is 8.74. The second kappa shape index (κ2) is 38.7. The predicted molar refractivity (Wildman–Crippen MR) is 55.7 cm³/mol. The zero-order valence-corrected chi connectivity index (χ0v) is 5.94. The monoisotopic (exact) mass is 266 g/mol. The lowest BCUT2D eigenvalue weighted by atomic mass is 15.8. The Bertz CT molecular complexity index is 96.1. The fourth-order valence-corrected chi connectivity index (χ4v) is 0. The summed E-state index contributed by atoms with van der Waals surface area (Å²) in [5.74, 6) is 0. The summed E-state index contributed by atoms with van der Waals surface area (Å²) in [6, 6.07) is 0. The van der Waals surface area contributed by atoms with Gasteiger partial charge >= 0.3 is 10.4 Å². The third-order valence-electron chi connectivity index (χ3n) is 0. The van der Waals surface area contributed by atoms with E-state index in [-0.39, 0.29) is 67.6 Å². The van der Waals surface area contributed by atoms with Gasteiger partial charge in [-0.05, 0) is 0 Å². The van der Waals surface area contributed by atoms with Gasteiger partial charge in [-0.15, -0.1) is 0 Å². The molecule has 0 aliphatic rings. The van der Waals surface area contributed by atoms with Crippen molar-refractivity contribution in [2.45, 2.75) is 0 Å². The van der Waals surface area contributed by atoms with Crippen LogP contribution in [0.25, 0.3) is 0 Å². The number of hydrogen-bond acceptors (Lipinski definition) is 2. The van der Waals surface area contributed by atoms with E-state index in [1.165, 1.54) is 0 Å². The zero-order valence-electron chi connectivity index (χ0n) is 5.12. The van der Waals surface area contributed by atoms with Crippen LogP contribution in [0.1, 0.15) is 0 Å². The molecule has 0 radical (unpaired) electrons. The molecule has 13 heteroatoms. The summed E-state index contributed by atoms with van der Waals surface area (Å²) >= 11 is 0. The molecule has 13 heavy (non-hydrogen) atoms. The molecule has 0 spiro atoms. The largest absolute Gasteiger partial charge is 0.412 e. The van der Waals surface area contributed by atoms with Gasteiger partial charge in [-0.2, -0.15) is 8.42 Å². The molecule has 92 valence electrons. The minimum Gasteiger partial charge on any atom is -0.412 e. The molecule has 0 aromatic rings. The maximum Gasteiger partial charge on any atom is 0.394 e. The van der Waals surface area contributed by atoms with E-state index in [1.54, 1.807) is 0 Å². The van der Waals surface area contributed by atoms with Crippen molar-refractivity contribution in [2.24, 2.45) is 0 Å². The standard InChI is InChI=1S/2Al.H2O4S.6H2O.6H/c;;1-5(2,3)4;;;;;;;;;;;;/h;;(H2,1,2,3,4);6*1H2;;;;;;. The molecule has 0 amide bonds. The normalized spacial score (nSPS) is 4.46. The van der Waals surface area contributed by atoms with Crippen LogP contribution < -0.4 is 0 Å². The smallest absolute Gasteiger partial charge is 0.394 e. The van der Waals surface area contributed by atoms with Gasteiger partial charge in [0.05, 0.1) is 0 Å². The molecule has 0 bridgehead atoms. The van der Waals surface area contributed by atoms with E-state index in [9.17, 15) is 0 Å². The Balaban J connectivity index is -0.00000000286. The minimum absolute atomic E-state index is 0. The Morgan fingerprint density at radius 1 is 0.615 bits per heavy atom. The van der Waals surface area contributed by atoms with Crippen LogP contribution >= 0.6 is 0 Å². The van der Waals surface area contributed by atoms with Crippen molar-refractivity contribution in [2.75, 3.05) is 0 Å². The summed E-state index contributed by atoms with van der Waals surface area (Å²) in [4.78, 5) is 0. The van der Waals surface area contributed by atoms with Crippen LogP contribution in [0.4, 0.5) is 0 Å². The molecular weight excluding hydrogens is 246 g/mol. The van der Waals surface area contributed by atoms with Crippen LogP contribution in [0.15, 0.2) is 0 Å². The summed E-state index contributed by atoms with van der Waals surface area (Å²) in [6.45, 7) is 0. The molecule has 0 saturated heterocycles. The van der Waals surface area contributed by atoms with E-state index in [0.29, 0.717) is 0 Å². The van der Waals surface area contributed by atoms with Crippen LogP contribution in [-0.2, 0) is 10.4 Å². The highest BCUT2D eigenvalue weighted by Crippen LogP contribution is 1.59. The van der Waals surface area contributed by atoms with Crippen molar-refractivity contribution in [1.82, 2.24) is 0 Å². The van der Waals surface area contributed by atoms with Crippen molar-refractivity contribution < 1.29 is 50.4 Å². The van der Waals surface area contributed by atoms with Crippen LogP contribution in [0.2, 0.25) is 0 Å². The number of rotatable bonds is 0. The summed E-state index contributed by atoms with van der Waals surface area (Å²) in [6.07, 6.45) is 0. The van der Waals surface area contributed by atoms with Crippen LogP contribution in [0.5, 0.6) is 0 Å². The van der Waals surface area contributed by atoms with E-state index in [2.05, 4.69) is 0 Å². The van der Waals surface area contributed by atoms with Crippen LogP contribution in [-0.4, -0.2) is 85.1 Å². The highest BCUT2D eigenvalue weighted by molar-refractivity contribution is 7.79. The molecular formula is H20Al2O10S. The van der Waals surface area contributed by atoms with Gasteiger partial charge in [0, 0.05) is 0 Å². The maximum absolute atomic E-state index is 8.74. The van der Waals surface area contributed by atoms with Gasteiger partial charge in [0.25, 0.3) is 0 Å². The van der Waals surface area contributed by atoms with E-state index in [1.807, 2.05) is 0 Å². The van der Waals surface area contributed by atoms with Crippen molar-refractivity contribution in [3.05, 3.63) is 0 Å². The first kappa shape index (κ1) is 100. The highest BCUT2D eigenvalue weighted by Gasteiger charge is 1.84.